The predicted molar refractivity (Wildman–Crippen MR) is 155 cm³/mol. The molecule has 2 amide bonds. The summed E-state index contributed by atoms with van der Waals surface area (Å²) in [5.74, 6) is 1.29. The Balaban J connectivity index is 1.69. The molecule has 2 aromatic rings. The highest BCUT2D eigenvalue weighted by Gasteiger charge is 2.32. The maximum absolute atomic E-state index is 12.4. The quantitative estimate of drug-likeness (QED) is 0.112. The topological polar surface area (TPSA) is 149 Å². The van der Waals surface area contributed by atoms with Gasteiger partial charge in [0, 0.05) is 5.70 Å². The number of esters is 1. The van der Waals surface area contributed by atoms with Crippen molar-refractivity contribution in [3.05, 3.63) is 57.2 Å². The second-order valence-corrected chi connectivity index (χ2v) is 9.97. The Bertz CT molecular complexity index is 1310. The van der Waals surface area contributed by atoms with Gasteiger partial charge in [0.05, 0.1) is 49.2 Å². The van der Waals surface area contributed by atoms with Gasteiger partial charge in [-0.1, -0.05) is 6.07 Å². The third-order valence-electron chi connectivity index (χ3n) is 5.71. The average molecular weight is 636 g/mol. The van der Waals surface area contributed by atoms with Gasteiger partial charge in [-0.3, -0.25) is 5.43 Å². The molecule has 0 bridgehead atoms. The maximum atomic E-state index is 12.4. The summed E-state index contributed by atoms with van der Waals surface area (Å²) < 4.78 is 28.4. The predicted octanol–water partition coefficient (Wildman–Crippen LogP) is 3.77. The molecule has 0 saturated carbocycles. The Hall–Kier alpha value is -3.97. The molecule has 0 aromatic heterocycles. The van der Waals surface area contributed by atoms with Crippen LogP contribution in [0.1, 0.15) is 44.9 Å². The number of aliphatic hydroxyl groups excluding tert-OH is 1. The van der Waals surface area contributed by atoms with Crippen molar-refractivity contribution in [3.8, 4) is 23.0 Å². The van der Waals surface area contributed by atoms with Gasteiger partial charge in [0.25, 0.3) is 0 Å². The van der Waals surface area contributed by atoms with E-state index < -0.39 is 24.3 Å². The number of rotatable bonds is 13. The summed E-state index contributed by atoms with van der Waals surface area (Å²) in [7, 11) is 2.83. The van der Waals surface area contributed by atoms with E-state index in [1.165, 1.54) is 13.3 Å². The van der Waals surface area contributed by atoms with Crippen LogP contribution in [0, 0.1) is 0 Å². The van der Waals surface area contributed by atoms with Gasteiger partial charge in [-0.05, 0) is 79.0 Å². The van der Waals surface area contributed by atoms with E-state index in [1.807, 2.05) is 26.8 Å². The first kappa shape index (κ1) is 31.6. The molecular weight excluding hydrogens is 600 g/mol. The van der Waals surface area contributed by atoms with Crippen molar-refractivity contribution in [2.24, 2.45) is 5.10 Å². The molecule has 1 heterocycles. The summed E-state index contributed by atoms with van der Waals surface area (Å²) in [4.78, 5) is 24.5. The van der Waals surface area contributed by atoms with Gasteiger partial charge in [-0.15, -0.1) is 0 Å². The Kier molecular flexibility index (Phi) is 11.2. The fraction of sp³-hybridized carbons (Fsp3) is 0.393. The van der Waals surface area contributed by atoms with Gasteiger partial charge >= 0.3 is 12.0 Å². The lowest BCUT2D eigenvalue weighted by Gasteiger charge is -2.28. The normalized spacial score (nSPS) is 15.7. The van der Waals surface area contributed by atoms with Gasteiger partial charge < -0.3 is 39.4 Å². The molecule has 0 fully saturated rings. The van der Waals surface area contributed by atoms with Crippen LogP contribution in [-0.2, 0) is 9.53 Å². The molecule has 13 heteroatoms. The monoisotopic (exact) mass is 634 g/mol. The summed E-state index contributed by atoms with van der Waals surface area (Å²) in [6.45, 7) is 7.47. The first-order chi connectivity index (χ1) is 19.6. The number of ether oxygens (including phenoxy) is 5. The summed E-state index contributed by atoms with van der Waals surface area (Å²) in [5.41, 5.74) is 4.57. The maximum Gasteiger partial charge on any atom is 0.337 e. The molecule has 1 aliphatic heterocycles. The van der Waals surface area contributed by atoms with E-state index >= 15 is 0 Å². The van der Waals surface area contributed by atoms with Crippen molar-refractivity contribution in [1.82, 2.24) is 16.1 Å². The number of carbonyl (C=O) groups is 2. The van der Waals surface area contributed by atoms with Crippen LogP contribution in [0.15, 0.2) is 51.2 Å². The van der Waals surface area contributed by atoms with Crippen LogP contribution < -0.4 is 35.0 Å². The summed E-state index contributed by atoms with van der Waals surface area (Å²) in [5, 5.41) is 19.8. The van der Waals surface area contributed by atoms with Crippen LogP contribution in [0.4, 0.5) is 4.79 Å². The zero-order chi connectivity index (χ0) is 30.1. The molecule has 0 radical (unpaired) electrons. The summed E-state index contributed by atoms with van der Waals surface area (Å²) in [6.07, 6.45) is 0.354. The number of carbonyl (C=O) groups excluding carboxylic acids is 2. The standard InChI is InChI=1S/C28H35BrN4O8/c1-7-39-21-12-18(25-24(27(35)38-6)16(4)31-28(36)32-25)8-9-20(21)40-14-23(34)33-30-13-17-10-19(29)26(41-15(2)3)22(11-17)37-5/h8-13,15,23,25,33-34H,7,14H2,1-6H3,(H2,31,32,36)/b30-13+/t23-,25+/m0/s1. The number of aliphatic hydroxyl groups is 1. The van der Waals surface area contributed by atoms with E-state index in [9.17, 15) is 14.7 Å². The molecular formula is C28H35BrN4O8. The van der Waals surface area contributed by atoms with Crippen molar-refractivity contribution in [2.75, 3.05) is 27.4 Å². The van der Waals surface area contributed by atoms with Crippen LogP contribution in [0.2, 0.25) is 0 Å². The van der Waals surface area contributed by atoms with Gasteiger partial charge in [0.1, 0.15) is 6.61 Å². The highest BCUT2D eigenvalue weighted by atomic mass is 79.9. The van der Waals surface area contributed by atoms with E-state index in [0.29, 0.717) is 50.9 Å². The number of nitrogens with zero attached hydrogens (tertiary/aromatic N) is 1. The average Bonchev–Trinajstić information content (AvgIpc) is 2.92. The van der Waals surface area contributed by atoms with Gasteiger partial charge in [-0.2, -0.15) is 5.10 Å². The second kappa shape index (κ2) is 14.6. The number of methoxy groups -OCH3 is 2. The van der Waals surface area contributed by atoms with Crippen LogP contribution in [-0.4, -0.2) is 63.1 Å². The number of nitrogens with one attached hydrogen (secondary N) is 3. The minimum absolute atomic E-state index is 0.0280. The largest absolute Gasteiger partial charge is 0.493 e. The van der Waals surface area contributed by atoms with Gasteiger partial charge in [0.2, 0.25) is 0 Å². The molecule has 4 N–H and O–H groups in total. The smallest absolute Gasteiger partial charge is 0.337 e. The number of amides is 2. The zero-order valence-corrected chi connectivity index (χ0v) is 25.3. The van der Waals surface area contributed by atoms with Crippen molar-refractivity contribution in [3.63, 3.8) is 0 Å². The Morgan fingerprint density at radius 2 is 1.93 bits per heavy atom. The number of hydrazone groups is 1. The van der Waals surface area contributed by atoms with Crippen molar-refractivity contribution in [1.29, 1.82) is 0 Å². The highest BCUT2D eigenvalue weighted by molar-refractivity contribution is 9.10. The molecule has 1 aliphatic rings. The third-order valence-corrected chi connectivity index (χ3v) is 6.30. The first-order valence-corrected chi connectivity index (χ1v) is 13.6. The molecule has 222 valence electrons. The van der Waals surface area contributed by atoms with Crippen LogP contribution in [0.5, 0.6) is 23.0 Å². The fourth-order valence-electron chi connectivity index (χ4n) is 3.98. The lowest BCUT2D eigenvalue weighted by atomic mass is 9.95. The van der Waals surface area contributed by atoms with E-state index in [0.717, 1.165) is 0 Å². The SMILES string of the molecule is CCOc1cc([C@H]2NC(=O)NC(C)=C2C(=O)OC)ccc1OC[C@H](O)N/N=C/c1cc(Br)c(OC(C)C)c(OC)c1. The number of halogens is 1. The lowest BCUT2D eigenvalue weighted by molar-refractivity contribution is -0.136. The number of allylic oxidation sites excluding steroid dienone is 1. The first-order valence-electron chi connectivity index (χ1n) is 12.8. The molecule has 2 aromatic carbocycles. The lowest BCUT2D eigenvalue weighted by Crippen LogP contribution is -2.45. The Morgan fingerprint density at radius 3 is 2.59 bits per heavy atom. The van der Waals surface area contributed by atoms with E-state index in [1.54, 1.807) is 38.3 Å². The molecule has 0 aliphatic carbocycles. The number of urea groups is 1. The summed E-state index contributed by atoms with van der Waals surface area (Å²) >= 11 is 3.49. The fourth-order valence-corrected chi connectivity index (χ4v) is 4.54. The van der Waals surface area contributed by atoms with Crippen molar-refractivity contribution in [2.45, 2.75) is 46.1 Å². The van der Waals surface area contributed by atoms with E-state index in [4.69, 9.17) is 23.7 Å². The van der Waals surface area contributed by atoms with Gasteiger partial charge in [-0.25, -0.2) is 9.59 Å². The minimum atomic E-state index is -1.14. The van der Waals surface area contributed by atoms with Crippen molar-refractivity contribution < 1.29 is 38.4 Å². The van der Waals surface area contributed by atoms with Gasteiger partial charge in [0.15, 0.2) is 29.2 Å². The van der Waals surface area contributed by atoms with E-state index in [2.05, 4.69) is 37.1 Å². The van der Waals surface area contributed by atoms with E-state index in [-0.39, 0.29) is 18.3 Å². The Morgan fingerprint density at radius 1 is 1.17 bits per heavy atom. The molecule has 41 heavy (non-hydrogen) atoms. The number of hydrogen-bond donors (Lipinski definition) is 4. The highest BCUT2D eigenvalue weighted by Crippen LogP contribution is 2.37. The molecule has 2 atom stereocenters. The summed E-state index contributed by atoms with van der Waals surface area (Å²) in [6, 6.07) is 7.38. The van der Waals surface area contributed by atoms with Crippen molar-refractivity contribution >= 4 is 34.1 Å². The zero-order valence-electron chi connectivity index (χ0n) is 23.7. The van der Waals surface area contributed by atoms with Crippen LogP contribution in [0.25, 0.3) is 0 Å². The number of hydrogen-bond acceptors (Lipinski definition) is 10. The second-order valence-electron chi connectivity index (χ2n) is 9.12. The van der Waals surface area contributed by atoms with Crippen LogP contribution >= 0.6 is 15.9 Å². The molecule has 3 rings (SSSR count). The molecule has 12 nitrogen and oxygen atoms in total. The minimum Gasteiger partial charge on any atom is -0.493 e. The third kappa shape index (κ3) is 8.27. The molecule has 0 saturated heterocycles. The Labute approximate surface area is 247 Å². The molecule has 0 unspecified atom stereocenters. The van der Waals surface area contributed by atoms with Crippen LogP contribution in [0.3, 0.4) is 0 Å². The molecule has 0 spiro atoms. The number of benzene rings is 2.